The van der Waals surface area contributed by atoms with Gasteiger partial charge in [0.25, 0.3) is 5.69 Å². The van der Waals surface area contributed by atoms with E-state index in [9.17, 15) is 32.5 Å². The minimum atomic E-state index is -4.25. The number of fused-ring (bicyclic) bond motifs is 1. The van der Waals surface area contributed by atoms with Gasteiger partial charge in [0.05, 0.1) is 15.5 Å². The molecule has 0 fully saturated rings. The number of sulfonamides is 1. The highest BCUT2D eigenvalue weighted by Crippen LogP contribution is 2.29. The van der Waals surface area contributed by atoms with E-state index in [2.05, 4.69) is 10.0 Å². The smallest absolute Gasteiger partial charge is 0.311 e. The van der Waals surface area contributed by atoms with E-state index in [1.807, 2.05) is 12.1 Å². The first-order chi connectivity index (χ1) is 19.1. The van der Waals surface area contributed by atoms with Crippen molar-refractivity contribution in [1.29, 1.82) is 0 Å². The first-order valence-electron chi connectivity index (χ1n) is 12.1. The molecule has 12 heteroatoms. The molecule has 4 rings (SSSR count). The van der Waals surface area contributed by atoms with Crippen molar-refractivity contribution in [2.45, 2.75) is 30.7 Å². The van der Waals surface area contributed by atoms with Gasteiger partial charge in [-0.05, 0) is 47.0 Å². The van der Waals surface area contributed by atoms with Crippen LogP contribution < -0.4 is 14.8 Å². The molecule has 0 saturated carbocycles. The number of hydrogen-bond acceptors (Lipinski definition) is 7. The van der Waals surface area contributed by atoms with Crippen LogP contribution in [0.1, 0.15) is 18.9 Å². The van der Waals surface area contributed by atoms with E-state index in [0.717, 1.165) is 11.5 Å². The van der Waals surface area contributed by atoms with E-state index < -0.39 is 44.4 Å². The monoisotopic (exact) mass is 565 g/mol. The highest BCUT2D eigenvalue weighted by atomic mass is 32.2. The quantitative estimate of drug-likeness (QED) is 0.122. The maximum Gasteiger partial charge on any atom is 0.311 e. The van der Waals surface area contributed by atoms with Crippen LogP contribution in [0.25, 0.3) is 10.8 Å². The van der Waals surface area contributed by atoms with Crippen molar-refractivity contribution in [2.24, 2.45) is 0 Å². The zero-order valence-corrected chi connectivity index (χ0v) is 22.0. The molecule has 0 aromatic heterocycles. The minimum absolute atomic E-state index is 0.0456. The van der Waals surface area contributed by atoms with Gasteiger partial charge in [-0.2, -0.15) is 4.72 Å². The van der Waals surface area contributed by atoms with E-state index in [4.69, 9.17) is 4.74 Å². The zero-order valence-electron chi connectivity index (χ0n) is 21.2. The molecule has 0 spiro atoms. The van der Waals surface area contributed by atoms with Gasteiger partial charge in [-0.25, -0.2) is 12.8 Å². The molecule has 0 aliphatic heterocycles. The van der Waals surface area contributed by atoms with Crippen molar-refractivity contribution in [1.82, 2.24) is 4.72 Å². The molecule has 0 radical (unpaired) electrons. The largest absolute Gasteiger partial charge is 0.421 e. The summed E-state index contributed by atoms with van der Waals surface area (Å²) in [6, 6.07) is 19.1. The highest BCUT2D eigenvalue weighted by Gasteiger charge is 2.28. The molecule has 0 bridgehead atoms. The van der Waals surface area contributed by atoms with E-state index in [1.54, 1.807) is 18.2 Å². The summed E-state index contributed by atoms with van der Waals surface area (Å²) in [5.74, 6) is -3.01. The number of nitrogens with zero attached hydrogens (tertiary/aromatic N) is 1. The predicted molar refractivity (Wildman–Crippen MR) is 146 cm³/mol. The number of carbonyl (C=O) groups excluding carboxylic acids is 2. The number of benzene rings is 4. The fraction of sp³-hybridized carbons (Fsp3) is 0.143. The van der Waals surface area contributed by atoms with Gasteiger partial charge >= 0.3 is 5.97 Å². The van der Waals surface area contributed by atoms with Crippen LogP contribution in [-0.2, 0) is 26.0 Å². The van der Waals surface area contributed by atoms with Crippen LogP contribution in [-0.4, -0.2) is 31.3 Å². The number of carbonyl (C=O) groups is 2. The van der Waals surface area contributed by atoms with Gasteiger partial charge in [-0.3, -0.25) is 19.7 Å². The lowest BCUT2D eigenvalue weighted by atomic mass is 10.1. The molecule has 2 N–H and O–H groups in total. The van der Waals surface area contributed by atoms with Crippen LogP contribution in [0.4, 0.5) is 15.8 Å². The number of ether oxygens (including phenoxy) is 1. The molecular weight excluding hydrogens is 541 g/mol. The summed E-state index contributed by atoms with van der Waals surface area (Å²) < 4.78 is 48.6. The molecule has 0 heterocycles. The van der Waals surface area contributed by atoms with Crippen LogP contribution in [0.5, 0.6) is 5.75 Å². The van der Waals surface area contributed by atoms with Crippen molar-refractivity contribution in [2.75, 3.05) is 5.32 Å². The molecule has 0 aliphatic rings. The molecule has 1 amide bonds. The molecule has 206 valence electrons. The fourth-order valence-corrected chi connectivity index (χ4v) is 5.11. The lowest BCUT2D eigenvalue weighted by Gasteiger charge is -2.20. The average molecular weight is 566 g/mol. The van der Waals surface area contributed by atoms with Gasteiger partial charge in [0.15, 0.2) is 11.6 Å². The molecule has 40 heavy (non-hydrogen) atoms. The lowest BCUT2D eigenvalue weighted by Crippen LogP contribution is -2.45. The number of esters is 1. The Morgan fingerprint density at radius 2 is 1.68 bits per heavy atom. The number of hydrogen-bond donors (Lipinski definition) is 2. The maximum atomic E-state index is 14.5. The SMILES string of the molecule is CCC(=O)Oc1c(F)cccc1NC(=O)[C@H](Cc1ccc([N+](=O)[O-])cc1)NS(=O)(=O)c1ccc2ccccc2c1. The van der Waals surface area contributed by atoms with E-state index in [0.29, 0.717) is 10.9 Å². The van der Waals surface area contributed by atoms with Gasteiger partial charge < -0.3 is 10.1 Å². The Labute approximate surface area is 229 Å². The fourth-order valence-electron chi connectivity index (χ4n) is 3.88. The van der Waals surface area contributed by atoms with Crippen molar-refractivity contribution in [3.8, 4) is 5.75 Å². The van der Waals surface area contributed by atoms with Crippen molar-refractivity contribution < 1.29 is 32.1 Å². The summed E-state index contributed by atoms with van der Waals surface area (Å²) in [6.07, 6.45) is -0.244. The third-order valence-electron chi connectivity index (χ3n) is 5.96. The standard InChI is InChI=1S/C28H24FN3O7S/c1-2-26(33)39-27-23(29)8-5-9-24(27)30-28(34)25(16-18-10-13-21(14-11-18)32(35)36)31-40(37,38)22-15-12-19-6-3-4-7-20(19)17-22/h3-15,17,25,31H,2,16H2,1H3,(H,30,34)/t25-/m0/s1. The summed E-state index contributed by atoms with van der Waals surface area (Å²) in [7, 11) is -4.25. The number of nitro groups is 1. The number of amides is 1. The summed E-state index contributed by atoms with van der Waals surface area (Å²) in [4.78, 5) is 35.6. The van der Waals surface area contributed by atoms with Crippen molar-refractivity contribution in [3.05, 3.63) is 106 Å². The second kappa shape index (κ2) is 12.0. The number of rotatable bonds is 10. The third-order valence-corrected chi connectivity index (χ3v) is 7.43. The molecule has 10 nitrogen and oxygen atoms in total. The second-order valence-corrected chi connectivity index (χ2v) is 10.5. The zero-order chi connectivity index (χ0) is 28.9. The Hall–Kier alpha value is -4.68. The van der Waals surface area contributed by atoms with Crippen molar-refractivity contribution >= 4 is 44.0 Å². The van der Waals surface area contributed by atoms with Crippen LogP contribution >= 0.6 is 0 Å². The Balaban J connectivity index is 1.67. The van der Waals surface area contributed by atoms with Gasteiger partial charge in [-0.1, -0.05) is 55.5 Å². The molecule has 0 saturated heterocycles. The van der Waals surface area contributed by atoms with Gasteiger partial charge in [0.2, 0.25) is 15.9 Å². The van der Waals surface area contributed by atoms with Gasteiger partial charge in [0.1, 0.15) is 6.04 Å². The lowest BCUT2D eigenvalue weighted by molar-refractivity contribution is -0.384. The van der Waals surface area contributed by atoms with Gasteiger partial charge in [-0.15, -0.1) is 0 Å². The maximum absolute atomic E-state index is 14.5. The Morgan fingerprint density at radius 1 is 0.975 bits per heavy atom. The minimum Gasteiger partial charge on any atom is -0.421 e. The summed E-state index contributed by atoms with van der Waals surface area (Å²) in [6.45, 7) is 1.52. The Morgan fingerprint density at radius 3 is 2.35 bits per heavy atom. The number of nitrogens with one attached hydrogen (secondary N) is 2. The number of para-hydroxylation sites is 1. The summed E-state index contributed by atoms with van der Waals surface area (Å²) in [5.41, 5.74) is 0.0675. The molecule has 0 aliphatic carbocycles. The number of nitro benzene ring substituents is 1. The molecule has 4 aromatic carbocycles. The first kappa shape index (κ1) is 28.3. The normalized spacial score (nSPS) is 12.1. The number of anilines is 1. The van der Waals surface area contributed by atoms with Crippen LogP contribution in [0.3, 0.4) is 0 Å². The Bertz CT molecular complexity index is 1690. The Kier molecular flexibility index (Phi) is 8.51. The third kappa shape index (κ3) is 6.65. The van der Waals surface area contributed by atoms with Gasteiger partial charge in [0, 0.05) is 18.6 Å². The molecule has 1 atom stereocenters. The van der Waals surface area contributed by atoms with Crippen LogP contribution in [0, 0.1) is 15.9 Å². The number of non-ortho nitro benzene ring substituents is 1. The number of halogens is 1. The average Bonchev–Trinajstić information content (AvgIpc) is 2.94. The summed E-state index contributed by atoms with van der Waals surface area (Å²) in [5, 5.41) is 15.0. The van der Waals surface area contributed by atoms with Crippen LogP contribution in [0.15, 0.2) is 89.8 Å². The topological polar surface area (TPSA) is 145 Å². The second-order valence-electron chi connectivity index (χ2n) is 8.74. The van der Waals surface area contributed by atoms with E-state index in [-0.39, 0.29) is 29.1 Å². The van der Waals surface area contributed by atoms with Crippen LogP contribution in [0.2, 0.25) is 0 Å². The molecule has 4 aromatic rings. The molecule has 0 unspecified atom stereocenters. The van der Waals surface area contributed by atoms with E-state index in [1.165, 1.54) is 55.5 Å². The van der Waals surface area contributed by atoms with Crippen molar-refractivity contribution in [3.63, 3.8) is 0 Å². The highest BCUT2D eigenvalue weighted by molar-refractivity contribution is 7.89. The summed E-state index contributed by atoms with van der Waals surface area (Å²) >= 11 is 0. The van der Waals surface area contributed by atoms with E-state index >= 15 is 0 Å². The predicted octanol–water partition coefficient (Wildman–Crippen LogP) is 4.73. The first-order valence-corrected chi connectivity index (χ1v) is 13.6. The molecular formula is C28H24FN3O7S.